The number of nitrogens with zero attached hydrogens (tertiary/aromatic N) is 1. The van der Waals surface area contributed by atoms with E-state index in [1.807, 2.05) is 0 Å². The molecule has 1 aliphatic rings. The van der Waals surface area contributed by atoms with Gasteiger partial charge < -0.3 is 15.3 Å². The fourth-order valence-corrected chi connectivity index (χ4v) is 1.27. The van der Waals surface area contributed by atoms with E-state index in [2.05, 4.69) is 10.6 Å². The molecule has 1 fully saturated rings. The van der Waals surface area contributed by atoms with Crippen molar-refractivity contribution in [1.29, 1.82) is 0 Å². The Hall–Kier alpha value is -1.63. The van der Waals surface area contributed by atoms with E-state index in [0.717, 1.165) is 12.8 Å². The number of nitrogens with one attached hydrogen (secondary N) is 2. The summed E-state index contributed by atoms with van der Waals surface area (Å²) in [6, 6.07) is -0.520. The number of carbonyl (C=O) groups is 3. The fourth-order valence-electron chi connectivity index (χ4n) is 1.27. The van der Waals surface area contributed by atoms with Crippen LogP contribution in [0.15, 0.2) is 0 Å². The second kappa shape index (κ2) is 6.34. The second-order valence-corrected chi connectivity index (χ2v) is 4.53. The Kier molecular flexibility index (Phi) is 5.08. The van der Waals surface area contributed by atoms with Gasteiger partial charge in [-0.2, -0.15) is 0 Å². The summed E-state index contributed by atoms with van der Waals surface area (Å²) in [5, 5.41) is 14.0. The second-order valence-electron chi connectivity index (χ2n) is 4.53. The lowest BCUT2D eigenvalue weighted by Crippen LogP contribution is -2.45. The molecule has 0 aromatic carbocycles. The highest BCUT2D eigenvalue weighted by Crippen LogP contribution is 2.18. The standard InChI is InChI=1S/C11H19N3O4/c1-7(11(17)18)12-5-10(16)14(2)6-9(15)13-8-3-4-8/h7-8,12H,3-6H2,1-2H3,(H,13,15)(H,17,18)/t7-/m1/s1. The van der Waals surface area contributed by atoms with Crippen LogP contribution in [-0.2, 0) is 14.4 Å². The number of carboxylic acid groups (broad SMARTS) is 1. The molecule has 3 N–H and O–H groups in total. The summed E-state index contributed by atoms with van der Waals surface area (Å²) in [6.45, 7) is 1.36. The topological polar surface area (TPSA) is 98.7 Å². The smallest absolute Gasteiger partial charge is 0.320 e. The molecule has 7 nitrogen and oxygen atoms in total. The number of amides is 2. The van der Waals surface area contributed by atoms with E-state index >= 15 is 0 Å². The lowest BCUT2D eigenvalue weighted by molar-refractivity contribution is -0.139. The maximum Gasteiger partial charge on any atom is 0.320 e. The van der Waals surface area contributed by atoms with Gasteiger partial charge in [-0.25, -0.2) is 0 Å². The molecule has 0 heterocycles. The summed E-state index contributed by atoms with van der Waals surface area (Å²) in [5.74, 6) is -1.51. The van der Waals surface area contributed by atoms with Crippen molar-refractivity contribution in [1.82, 2.24) is 15.5 Å². The van der Waals surface area contributed by atoms with Crippen LogP contribution in [0.5, 0.6) is 0 Å². The molecule has 102 valence electrons. The van der Waals surface area contributed by atoms with Gasteiger partial charge in [0.25, 0.3) is 0 Å². The molecule has 1 rings (SSSR count). The summed E-state index contributed by atoms with van der Waals surface area (Å²) in [6.07, 6.45) is 2.00. The minimum absolute atomic E-state index is 0.00152. The SMILES string of the molecule is C[C@@H](NCC(=O)N(C)CC(=O)NC1CC1)C(=O)O. The molecule has 1 saturated carbocycles. The van der Waals surface area contributed by atoms with Gasteiger partial charge in [-0.15, -0.1) is 0 Å². The van der Waals surface area contributed by atoms with Crippen molar-refractivity contribution >= 4 is 17.8 Å². The van der Waals surface area contributed by atoms with Crippen LogP contribution in [-0.4, -0.2) is 60.0 Å². The third-order valence-corrected chi connectivity index (χ3v) is 2.68. The third kappa shape index (κ3) is 5.13. The van der Waals surface area contributed by atoms with Gasteiger partial charge in [0, 0.05) is 13.1 Å². The number of hydrogen-bond donors (Lipinski definition) is 3. The Morgan fingerprint density at radius 2 is 2.00 bits per heavy atom. The zero-order chi connectivity index (χ0) is 13.7. The molecular formula is C11H19N3O4. The molecule has 0 aromatic rings. The molecule has 18 heavy (non-hydrogen) atoms. The average molecular weight is 257 g/mol. The summed E-state index contributed by atoms with van der Waals surface area (Å²) in [5.41, 5.74) is 0. The molecule has 2 amide bonds. The fraction of sp³-hybridized carbons (Fsp3) is 0.727. The molecule has 1 aliphatic carbocycles. The normalized spacial score (nSPS) is 15.9. The summed E-state index contributed by atoms with van der Waals surface area (Å²) < 4.78 is 0. The monoisotopic (exact) mass is 257 g/mol. The molecule has 0 unspecified atom stereocenters. The maximum atomic E-state index is 11.6. The van der Waals surface area contributed by atoms with Crippen LogP contribution >= 0.6 is 0 Å². The van der Waals surface area contributed by atoms with Gasteiger partial charge >= 0.3 is 5.97 Å². The molecule has 1 atom stereocenters. The molecule has 0 radical (unpaired) electrons. The Labute approximate surface area is 106 Å². The van der Waals surface area contributed by atoms with E-state index in [-0.39, 0.29) is 30.9 Å². The number of hydrogen-bond acceptors (Lipinski definition) is 4. The van der Waals surface area contributed by atoms with Crippen LogP contribution in [0, 0.1) is 0 Å². The molecule has 0 saturated heterocycles. The number of aliphatic carboxylic acids is 1. The van der Waals surface area contributed by atoms with E-state index < -0.39 is 12.0 Å². The first-order chi connectivity index (χ1) is 8.40. The van der Waals surface area contributed by atoms with Crippen molar-refractivity contribution in [3.8, 4) is 0 Å². The highest BCUT2D eigenvalue weighted by atomic mass is 16.4. The van der Waals surface area contributed by atoms with Crippen molar-refractivity contribution < 1.29 is 19.5 Å². The van der Waals surface area contributed by atoms with Crippen LogP contribution < -0.4 is 10.6 Å². The maximum absolute atomic E-state index is 11.6. The van der Waals surface area contributed by atoms with Gasteiger partial charge in [0.1, 0.15) is 6.04 Å². The van der Waals surface area contributed by atoms with E-state index in [1.165, 1.54) is 18.9 Å². The molecular weight excluding hydrogens is 238 g/mol. The lowest BCUT2D eigenvalue weighted by atomic mass is 10.3. The van der Waals surface area contributed by atoms with Gasteiger partial charge in [-0.3, -0.25) is 19.7 Å². The number of likely N-dealkylation sites (N-methyl/N-ethyl adjacent to an activating group) is 1. The number of carboxylic acids is 1. The predicted molar refractivity (Wildman–Crippen MR) is 63.9 cm³/mol. The van der Waals surface area contributed by atoms with Crippen LogP contribution in [0.2, 0.25) is 0 Å². The molecule has 0 bridgehead atoms. The van der Waals surface area contributed by atoms with Gasteiger partial charge in [-0.05, 0) is 19.8 Å². The van der Waals surface area contributed by atoms with Crippen LogP contribution in [0.25, 0.3) is 0 Å². The van der Waals surface area contributed by atoms with Crippen molar-refractivity contribution in [3.63, 3.8) is 0 Å². The highest BCUT2D eigenvalue weighted by molar-refractivity contribution is 5.86. The average Bonchev–Trinajstić information content (AvgIpc) is 3.08. The number of carbonyl (C=O) groups excluding carboxylic acids is 2. The van der Waals surface area contributed by atoms with Crippen molar-refractivity contribution in [2.45, 2.75) is 31.8 Å². The summed E-state index contributed by atoms with van der Waals surface area (Å²) >= 11 is 0. The van der Waals surface area contributed by atoms with Crippen molar-refractivity contribution in [2.24, 2.45) is 0 Å². The first-order valence-corrected chi connectivity index (χ1v) is 5.89. The van der Waals surface area contributed by atoms with E-state index in [0.29, 0.717) is 0 Å². The van der Waals surface area contributed by atoms with Crippen molar-refractivity contribution in [2.75, 3.05) is 20.1 Å². The Bertz CT molecular complexity index is 341. The summed E-state index contributed by atoms with van der Waals surface area (Å²) in [7, 11) is 1.52. The van der Waals surface area contributed by atoms with Gasteiger partial charge in [0.05, 0.1) is 13.1 Å². The van der Waals surface area contributed by atoms with Crippen LogP contribution in [0.3, 0.4) is 0 Å². The third-order valence-electron chi connectivity index (χ3n) is 2.68. The van der Waals surface area contributed by atoms with Gasteiger partial charge in [-0.1, -0.05) is 0 Å². The Morgan fingerprint density at radius 1 is 1.39 bits per heavy atom. The Balaban J connectivity index is 2.22. The van der Waals surface area contributed by atoms with E-state index in [1.54, 1.807) is 0 Å². The molecule has 0 aliphatic heterocycles. The van der Waals surface area contributed by atoms with Crippen molar-refractivity contribution in [3.05, 3.63) is 0 Å². The van der Waals surface area contributed by atoms with E-state index in [9.17, 15) is 14.4 Å². The first-order valence-electron chi connectivity index (χ1n) is 5.89. The summed E-state index contributed by atoms with van der Waals surface area (Å²) in [4.78, 5) is 34.8. The van der Waals surface area contributed by atoms with Gasteiger partial charge in [0.2, 0.25) is 11.8 Å². The van der Waals surface area contributed by atoms with E-state index in [4.69, 9.17) is 5.11 Å². The minimum Gasteiger partial charge on any atom is -0.480 e. The first kappa shape index (κ1) is 14.4. The molecule has 0 spiro atoms. The molecule has 7 heteroatoms. The predicted octanol–water partition coefficient (Wildman–Crippen LogP) is -1.21. The van der Waals surface area contributed by atoms with Crippen LogP contribution in [0.1, 0.15) is 19.8 Å². The Morgan fingerprint density at radius 3 is 2.50 bits per heavy atom. The quantitative estimate of drug-likeness (QED) is 0.531. The molecule has 0 aromatic heterocycles. The lowest BCUT2D eigenvalue weighted by Gasteiger charge is -2.18. The largest absolute Gasteiger partial charge is 0.480 e. The highest BCUT2D eigenvalue weighted by Gasteiger charge is 2.24. The zero-order valence-electron chi connectivity index (χ0n) is 10.6. The minimum atomic E-state index is -1.02. The zero-order valence-corrected chi connectivity index (χ0v) is 10.6. The van der Waals surface area contributed by atoms with Crippen LogP contribution in [0.4, 0.5) is 0 Å². The number of rotatable bonds is 7. The van der Waals surface area contributed by atoms with Gasteiger partial charge in [0.15, 0.2) is 0 Å².